The zero-order valence-corrected chi connectivity index (χ0v) is 14.9. The first kappa shape index (κ1) is 17.3. The summed E-state index contributed by atoms with van der Waals surface area (Å²) in [7, 11) is -2.54. The van der Waals surface area contributed by atoms with Gasteiger partial charge in [0, 0.05) is 18.7 Å². The summed E-state index contributed by atoms with van der Waals surface area (Å²) in [5.74, 6) is 0.533. The molecule has 1 fully saturated rings. The van der Waals surface area contributed by atoms with Crippen molar-refractivity contribution in [2.75, 3.05) is 18.6 Å². The standard InChI is InChI=1S/C18H19NO5S/c1-13-5-10-16(17(12-13)23-2)24-25(21,22)15-8-6-14(7-9-15)19-11-3-4-18(19)20/h5-10,12H,3-4,11H2,1-2H3. The van der Waals surface area contributed by atoms with Gasteiger partial charge in [-0.3, -0.25) is 4.79 Å². The van der Waals surface area contributed by atoms with E-state index < -0.39 is 10.1 Å². The number of hydrogen-bond donors (Lipinski definition) is 0. The summed E-state index contributed by atoms with van der Waals surface area (Å²) in [5.41, 5.74) is 1.62. The third-order valence-corrected chi connectivity index (χ3v) is 5.28. The van der Waals surface area contributed by atoms with E-state index in [0.29, 0.717) is 24.4 Å². The maximum Gasteiger partial charge on any atom is 0.339 e. The molecule has 1 aliphatic heterocycles. The molecule has 0 saturated carbocycles. The number of hydrogen-bond acceptors (Lipinski definition) is 5. The van der Waals surface area contributed by atoms with Crippen molar-refractivity contribution in [2.24, 2.45) is 0 Å². The van der Waals surface area contributed by atoms with Crippen LogP contribution in [0.1, 0.15) is 18.4 Å². The number of rotatable bonds is 5. The van der Waals surface area contributed by atoms with Gasteiger partial charge in [0.1, 0.15) is 4.90 Å². The van der Waals surface area contributed by atoms with Gasteiger partial charge < -0.3 is 13.8 Å². The van der Waals surface area contributed by atoms with Crippen LogP contribution in [0.5, 0.6) is 11.5 Å². The van der Waals surface area contributed by atoms with Crippen LogP contribution < -0.4 is 13.8 Å². The molecule has 6 nitrogen and oxygen atoms in total. The zero-order chi connectivity index (χ0) is 18.0. The van der Waals surface area contributed by atoms with E-state index in [0.717, 1.165) is 12.0 Å². The van der Waals surface area contributed by atoms with Gasteiger partial charge in [0.25, 0.3) is 0 Å². The fourth-order valence-corrected chi connectivity index (χ4v) is 3.66. The molecule has 3 rings (SSSR count). The lowest BCUT2D eigenvalue weighted by atomic mass is 10.2. The van der Waals surface area contributed by atoms with E-state index in [1.54, 1.807) is 35.2 Å². The quantitative estimate of drug-likeness (QED) is 0.766. The van der Waals surface area contributed by atoms with E-state index in [2.05, 4.69) is 0 Å². The Balaban J connectivity index is 1.84. The second-order valence-electron chi connectivity index (χ2n) is 5.83. The minimum atomic E-state index is -4.00. The molecule has 0 aromatic heterocycles. The predicted molar refractivity (Wildman–Crippen MR) is 93.6 cm³/mol. The van der Waals surface area contributed by atoms with Gasteiger partial charge in [0.15, 0.2) is 11.5 Å². The molecule has 0 spiro atoms. The number of nitrogens with zero attached hydrogens (tertiary/aromatic N) is 1. The van der Waals surface area contributed by atoms with Crippen LogP contribution in [0.4, 0.5) is 5.69 Å². The first-order chi connectivity index (χ1) is 11.9. The lowest BCUT2D eigenvalue weighted by Crippen LogP contribution is -2.23. The Bertz CT molecular complexity index is 890. The molecule has 0 bridgehead atoms. The molecule has 132 valence electrons. The summed E-state index contributed by atoms with van der Waals surface area (Å²) < 4.78 is 35.4. The third kappa shape index (κ3) is 3.61. The molecule has 0 aliphatic carbocycles. The predicted octanol–water partition coefficient (Wildman–Crippen LogP) is 2.90. The molecule has 0 radical (unpaired) electrons. The highest BCUT2D eigenvalue weighted by molar-refractivity contribution is 7.87. The third-order valence-electron chi connectivity index (χ3n) is 4.03. The van der Waals surface area contributed by atoms with Crippen LogP contribution in [0.15, 0.2) is 47.4 Å². The summed E-state index contributed by atoms with van der Waals surface area (Å²) in [5, 5.41) is 0. The Labute approximate surface area is 147 Å². The number of aryl methyl sites for hydroxylation is 1. The van der Waals surface area contributed by atoms with Crippen molar-refractivity contribution in [3.8, 4) is 11.5 Å². The zero-order valence-electron chi connectivity index (χ0n) is 14.1. The summed E-state index contributed by atoms with van der Waals surface area (Å²) in [4.78, 5) is 13.4. The van der Waals surface area contributed by atoms with Gasteiger partial charge in [-0.25, -0.2) is 0 Å². The number of carbonyl (C=O) groups is 1. The molecule has 2 aromatic carbocycles. The Morgan fingerprint density at radius 1 is 1.04 bits per heavy atom. The molecule has 25 heavy (non-hydrogen) atoms. The van der Waals surface area contributed by atoms with Gasteiger partial charge in [-0.15, -0.1) is 0 Å². The summed E-state index contributed by atoms with van der Waals surface area (Å²) >= 11 is 0. The molecule has 0 atom stereocenters. The SMILES string of the molecule is COc1cc(C)ccc1OS(=O)(=O)c1ccc(N2CCCC2=O)cc1. The normalized spacial score (nSPS) is 14.6. The Morgan fingerprint density at radius 3 is 2.36 bits per heavy atom. The number of benzene rings is 2. The maximum absolute atomic E-state index is 12.5. The van der Waals surface area contributed by atoms with E-state index in [4.69, 9.17) is 8.92 Å². The Hall–Kier alpha value is -2.54. The van der Waals surface area contributed by atoms with Crippen LogP contribution in [0.3, 0.4) is 0 Å². The number of methoxy groups -OCH3 is 1. The first-order valence-corrected chi connectivity index (χ1v) is 9.31. The average molecular weight is 361 g/mol. The van der Waals surface area contributed by atoms with Crippen LogP contribution in [0, 0.1) is 6.92 Å². The molecule has 7 heteroatoms. The van der Waals surface area contributed by atoms with E-state index in [1.807, 2.05) is 6.92 Å². The monoisotopic (exact) mass is 361 g/mol. The largest absolute Gasteiger partial charge is 0.493 e. The fraction of sp³-hybridized carbons (Fsp3) is 0.278. The van der Waals surface area contributed by atoms with Crippen molar-refractivity contribution < 1.29 is 22.1 Å². The van der Waals surface area contributed by atoms with Crippen molar-refractivity contribution >= 4 is 21.7 Å². The van der Waals surface area contributed by atoms with Crippen molar-refractivity contribution in [2.45, 2.75) is 24.7 Å². The molecule has 2 aromatic rings. The summed E-state index contributed by atoms with van der Waals surface area (Å²) in [6.45, 7) is 2.53. The highest BCUT2D eigenvalue weighted by atomic mass is 32.2. The van der Waals surface area contributed by atoms with Gasteiger partial charge in [-0.2, -0.15) is 8.42 Å². The first-order valence-electron chi connectivity index (χ1n) is 7.90. The number of amides is 1. The van der Waals surface area contributed by atoms with Crippen molar-refractivity contribution in [3.63, 3.8) is 0 Å². The minimum Gasteiger partial charge on any atom is -0.493 e. The second kappa shape index (κ2) is 6.76. The van der Waals surface area contributed by atoms with Crippen LogP contribution in [0.2, 0.25) is 0 Å². The number of anilines is 1. The second-order valence-corrected chi connectivity index (χ2v) is 7.38. The van der Waals surface area contributed by atoms with Gasteiger partial charge in [0.2, 0.25) is 5.91 Å². The lowest BCUT2D eigenvalue weighted by Gasteiger charge is -2.16. The molecule has 0 unspecified atom stereocenters. The fourth-order valence-electron chi connectivity index (χ4n) is 2.72. The maximum atomic E-state index is 12.5. The van der Waals surface area contributed by atoms with Crippen molar-refractivity contribution in [1.29, 1.82) is 0 Å². The van der Waals surface area contributed by atoms with Crippen LogP contribution >= 0.6 is 0 Å². The molecule has 0 N–H and O–H groups in total. The van der Waals surface area contributed by atoms with E-state index in [9.17, 15) is 13.2 Å². The molecule has 1 amide bonds. The van der Waals surface area contributed by atoms with Crippen molar-refractivity contribution in [1.82, 2.24) is 0 Å². The average Bonchev–Trinajstić information content (AvgIpc) is 3.02. The number of carbonyl (C=O) groups excluding carboxylic acids is 1. The van der Waals surface area contributed by atoms with Crippen molar-refractivity contribution in [3.05, 3.63) is 48.0 Å². The molecule has 1 heterocycles. The molecular formula is C18H19NO5S. The summed E-state index contributed by atoms with van der Waals surface area (Å²) in [6.07, 6.45) is 1.34. The number of ether oxygens (including phenoxy) is 1. The Kier molecular flexibility index (Phi) is 4.67. The van der Waals surface area contributed by atoms with Gasteiger partial charge in [-0.05, 0) is 55.3 Å². The molecular weight excluding hydrogens is 342 g/mol. The van der Waals surface area contributed by atoms with Gasteiger partial charge in [-0.1, -0.05) is 6.07 Å². The molecule has 1 aliphatic rings. The highest BCUT2D eigenvalue weighted by Crippen LogP contribution is 2.31. The minimum absolute atomic E-state index is 0.0190. The smallest absolute Gasteiger partial charge is 0.339 e. The highest BCUT2D eigenvalue weighted by Gasteiger charge is 2.23. The van der Waals surface area contributed by atoms with Crippen LogP contribution in [-0.4, -0.2) is 28.0 Å². The van der Waals surface area contributed by atoms with E-state index in [1.165, 1.54) is 19.2 Å². The van der Waals surface area contributed by atoms with Crippen LogP contribution in [-0.2, 0) is 14.9 Å². The molecule has 1 saturated heterocycles. The van der Waals surface area contributed by atoms with E-state index in [-0.39, 0.29) is 16.6 Å². The van der Waals surface area contributed by atoms with Gasteiger partial charge >= 0.3 is 10.1 Å². The van der Waals surface area contributed by atoms with Crippen LogP contribution in [0.25, 0.3) is 0 Å². The van der Waals surface area contributed by atoms with Gasteiger partial charge in [0.05, 0.1) is 7.11 Å². The summed E-state index contributed by atoms with van der Waals surface area (Å²) in [6, 6.07) is 11.1. The Morgan fingerprint density at radius 2 is 1.76 bits per heavy atom. The lowest BCUT2D eigenvalue weighted by molar-refractivity contribution is -0.117. The van der Waals surface area contributed by atoms with E-state index >= 15 is 0 Å². The topological polar surface area (TPSA) is 72.9 Å².